The van der Waals surface area contributed by atoms with Gasteiger partial charge in [-0.2, -0.15) is 0 Å². The van der Waals surface area contributed by atoms with E-state index in [1.54, 1.807) is 24.3 Å². The molecule has 5 nitrogen and oxygen atoms in total. The summed E-state index contributed by atoms with van der Waals surface area (Å²) in [5.74, 6) is -0.419. The van der Waals surface area contributed by atoms with Crippen molar-refractivity contribution in [3.63, 3.8) is 0 Å². The largest absolute Gasteiger partial charge is 0.489 e. The highest BCUT2D eigenvalue weighted by Crippen LogP contribution is 2.16. The summed E-state index contributed by atoms with van der Waals surface area (Å²) in [5, 5.41) is 0. The molecule has 2 aromatic rings. The summed E-state index contributed by atoms with van der Waals surface area (Å²) in [6.45, 7) is 3.25. The van der Waals surface area contributed by atoms with Gasteiger partial charge in [0.25, 0.3) is 0 Å². The molecule has 2 rings (SSSR count). The highest BCUT2D eigenvalue weighted by atomic mass is 16.5. The Morgan fingerprint density at radius 2 is 1.52 bits per heavy atom. The van der Waals surface area contributed by atoms with E-state index >= 15 is 0 Å². The molecular weight excluding hydrogens is 318 g/mol. The van der Waals surface area contributed by atoms with Crippen LogP contribution in [0.1, 0.15) is 31.4 Å². The Balaban J connectivity index is 1.97. The quantitative estimate of drug-likeness (QED) is 0.727. The Bertz CT molecular complexity index is 738. The molecule has 0 heterocycles. The normalized spacial score (nSPS) is 10.2. The van der Waals surface area contributed by atoms with Crippen molar-refractivity contribution in [3.05, 3.63) is 65.7 Å². The number of Topliss-reactive ketones (excluding diaryl/α,β-unsaturated/α-hetero) is 1. The van der Waals surface area contributed by atoms with E-state index in [1.165, 1.54) is 13.8 Å². The lowest BCUT2D eigenvalue weighted by Gasteiger charge is -2.19. The Morgan fingerprint density at radius 1 is 0.880 bits per heavy atom. The van der Waals surface area contributed by atoms with Crippen LogP contribution >= 0.6 is 0 Å². The number of imide groups is 1. The second kappa shape index (κ2) is 8.78. The number of carbonyl (C=O) groups excluding carboxylic acids is 3. The summed E-state index contributed by atoms with van der Waals surface area (Å²) < 4.78 is 5.71. The molecule has 0 N–H and O–H groups in total. The molecule has 130 valence electrons. The van der Waals surface area contributed by atoms with Crippen LogP contribution < -0.4 is 4.74 Å². The first-order valence-corrected chi connectivity index (χ1v) is 8.01. The minimum Gasteiger partial charge on any atom is -0.489 e. The third-order valence-electron chi connectivity index (χ3n) is 3.59. The molecule has 0 fully saturated rings. The van der Waals surface area contributed by atoms with Crippen LogP contribution in [0.4, 0.5) is 0 Å². The number of ether oxygens (including phenoxy) is 1. The molecule has 0 aliphatic rings. The number of hydrogen-bond acceptors (Lipinski definition) is 4. The third kappa shape index (κ3) is 5.88. The first-order valence-electron chi connectivity index (χ1n) is 8.01. The van der Waals surface area contributed by atoms with Crippen LogP contribution in [0.15, 0.2) is 54.6 Å². The maximum Gasteiger partial charge on any atom is 0.236 e. The van der Waals surface area contributed by atoms with Gasteiger partial charge in [-0.1, -0.05) is 42.5 Å². The van der Waals surface area contributed by atoms with Gasteiger partial charge in [0.1, 0.15) is 18.1 Å². The molecule has 0 saturated carbocycles. The van der Waals surface area contributed by atoms with E-state index < -0.39 is 5.91 Å². The first kappa shape index (κ1) is 18.4. The van der Waals surface area contributed by atoms with Gasteiger partial charge in [0.05, 0.1) is 13.0 Å². The van der Waals surface area contributed by atoms with Gasteiger partial charge in [0.15, 0.2) is 0 Å². The van der Waals surface area contributed by atoms with Crippen LogP contribution in [0.2, 0.25) is 0 Å². The average Bonchev–Trinajstić information content (AvgIpc) is 2.58. The van der Waals surface area contributed by atoms with Gasteiger partial charge < -0.3 is 4.74 Å². The lowest BCUT2D eigenvalue weighted by molar-refractivity contribution is -0.145. The summed E-state index contributed by atoms with van der Waals surface area (Å²) in [6.07, 6.45) is -0.266. The molecule has 25 heavy (non-hydrogen) atoms. The van der Waals surface area contributed by atoms with Gasteiger partial charge in [-0.3, -0.25) is 19.3 Å². The summed E-state index contributed by atoms with van der Waals surface area (Å²) >= 11 is 0. The van der Waals surface area contributed by atoms with Gasteiger partial charge in [-0.05, 0) is 30.2 Å². The maximum absolute atomic E-state index is 12.0. The second-order valence-electron chi connectivity index (χ2n) is 5.80. The fourth-order valence-electron chi connectivity index (χ4n) is 2.30. The molecule has 0 aromatic heterocycles. The lowest BCUT2D eigenvalue weighted by atomic mass is 10.2. The van der Waals surface area contributed by atoms with Crippen molar-refractivity contribution >= 4 is 17.6 Å². The molecule has 0 radical (unpaired) electrons. The molecule has 2 amide bonds. The Morgan fingerprint density at radius 3 is 2.08 bits per heavy atom. The molecule has 5 heteroatoms. The van der Waals surface area contributed by atoms with Crippen molar-refractivity contribution < 1.29 is 19.1 Å². The first-order chi connectivity index (χ1) is 12.0. The molecule has 0 atom stereocenters. The number of nitrogens with zero attached hydrogens (tertiary/aromatic N) is 1. The summed E-state index contributed by atoms with van der Waals surface area (Å²) in [6, 6.07) is 17.0. The number of rotatable bonds is 7. The van der Waals surface area contributed by atoms with Crippen LogP contribution in [0.25, 0.3) is 0 Å². The van der Waals surface area contributed by atoms with E-state index in [2.05, 4.69) is 0 Å². The lowest BCUT2D eigenvalue weighted by Crippen LogP contribution is -2.35. The molecule has 0 unspecified atom stereocenters. The Labute approximate surface area is 147 Å². The summed E-state index contributed by atoms with van der Waals surface area (Å²) in [5.41, 5.74) is 1.86. The smallest absolute Gasteiger partial charge is 0.236 e. The van der Waals surface area contributed by atoms with Crippen LogP contribution in [0.5, 0.6) is 5.75 Å². The van der Waals surface area contributed by atoms with Crippen molar-refractivity contribution in [3.8, 4) is 5.75 Å². The average molecular weight is 339 g/mol. The van der Waals surface area contributed by atoms with Gasteiger partial charge in [-0.25, -0.2) is 0 Å². The minimum atomic E-state index is -0.482. The van der Waals surface area contributed by atoms with Crippen LogP contribution in [0, 0.1) is 0 Å². The number of ketones is 1. The topological polar surface area (TPSA) is 63.7 Å². The predicted octanol–water partition coefficient (Wildman–Crippen LogP) is 3.12. The minimum absolute atomic E-state index is 0.139. The SMILES string of the molecule is CC(=O)CC(=O)N(Cc1ccc(OCc2ccccc2)cc1)C(C)=O. The van der Waals surface area contributed by atoms with Crippen molar-refractivity contribution in [2.75, 3.05) is 0 Å². The van der Waals surface area contributed by atoms with Crippen molar-refractivity contribution in [1.29, 1.82) is 0 Å². The van der Waals surface area contributed by atoms with Crippen LogP contribution in [0.3, 0.4) is 0 Å². The van der Waals surface area contributed by atoms with E-state index in [0.29, 0.717) is 12.4 Å². The van der Waals surface area contributed by atoms with Crippen molar-refractivity contribution in [2.45, 2.75) is 33.4 Å². The maximum atomic E-state index is 12.0. The van der Waals surface area contributed by atoms with Gasteiger partial charge in [0, 0.05) is 6.92 Å². The molecular formula is C20H21NO4. The van der Waals surface area contributed by atoms with E-state index in [-0.39, 0.29) is 24.7 Å². The zero-order valence-corrected chi connectivity index (χ0v) is 14.4. The van der Waals surface area contributed by atoms with E-state index in [0.717, 1.165) is 16.0 Å². The summed E-state index contributed by atoms with van der Waals surface area (Å²) in [4.78, 5) is 35.8. The Hall–Kier alpha value is -2.95. The summed E-state index contributed by atoms with van der Waals surface area (Å²) in [7, 11) is 0. The highest BCUT2D eigenvalue weighted by Gasteiger charge is 2.19. The molecule has 0 aliphatic carbocycles. The predicted molar refractivity (Wildman–Crippen MR) is 93.7 cm³/mol. The number of carbonyl (C=O) groups is 3. The number of benzene rings is 2. The zero-order valence-electron chi connectivity index (χ0n) is 14.4. The molecule has 0 saturated heterocycles. The van der Waals surface area contributed by atoms with E-state index in [1.807, 2.05) is 30.3 Å². The zero-order chi connectivity index (χ0) is 18.2. The third-order valence-corrected chi connectivity index (χ3v) is 3.59. The van der Waals surface area contributed by atoms with E-state index in [4.69, 9.17) is 4.74 Å². The number of amides is 2. The van der Waals surface area contributed by atoms with Gasteiger partial charge >= 0.3 is 0 Å². The van der Waals surface area contributed by atoms with E-state index in [9.17, 15) is 14.4 Å². The second-order valence-corrected chi connectivity index (χ2v) is 5.80. The molecule has 0 aliphatic heterocycles. The molecule has 2 aromatic carbocycles. The highest BCUT2D eigenvalue weighted by molar-refractivity contribution is 6.03. The fourth-order valence-corrected chi connectivity index (χ4v) is 2.30. The van der Waals surface area contributed by atoms with Crippen molar-refractivity contribution in [2.24, 2.45) is 0 Å². The van der Waals surface area contributed by atoms with Gasteiger partial charge in [-0.15, -0.1) is 0 Å². The standard InChI is InChI=1S/C20H21NO4/c1-15(22)12-20(24)21(16(2)23)13-17-8-10-19(11-9-17)25-14-18-6-4-3-5-7-18/h3-11H,12-14H2,1-2H3. The van der Waals surface area contributed by atoms with Crippen LogP contribution in [-0.2, 0) is 27.5 Å². The van der Waals surface area contributed by atoms with Crippen LogP contribution in [-0.4, -0.2) is 22.5 Å². The Kier molecular flexibility index (Phi) is 6.46. The van der Waals surface area contributed by atoms with Crippen molar-refractivity contribution in [1.82, 2.24) is 4.90 Å². The molecule has 0 spiro atoms. The number of hydrogen-bond donors (Lipinski definition) is 0. The molecule has 0 bridgehead atoms. The monoisotopic (exact) mass is 339 g/mol. The fraction of sp³-hybridized carbons (Fsp3) is 0.250. The van der Waals surface area contributed by atoms with Gasteiger partial charge in [0.2, 0.25) is 11.8 Å².